The summed E-state index contributed by atoms with van der Waals surface area (Å²) in [5.41, 5.74) is 0. The second-order valence-corrected chi connectivity index (χ2v) is 9.34. The highest BCUT2D eigenvalue weighted by Gasteiger charge is 2.59. The molecule has 2 aliphatic heterocycles. The summed E-state index contributed by atoms with van der Waals surface area (Å²) < 4.78 is 27.4. The fourth-order valence-electron chi connectivity index (χ4n) is 3.82. The molecule has 204 valence electrons. The first-order valence-corrected chi connectivity index (χ1v) is 11.7. The van der Waals surface area contributed by atoms with Gasteiger partial charge in [0.05, 0.1) is 19.1 Å². The molecule has 13 nitrogen and oxygen atoms in total. The number of esters is 2. The maximum absolute atomic E-state index is 12.6. The van der Waals surface area contributed by atoms with E-state index in [0.717, 1.165) is 0 Å². The summed E-state index contributed by atoms with van der Waals surface area (Å²) in [6.07, 6.45) is -12.3. The summed E-state index contributed by atoms with van der Waals surface area (Å²) in [6, 6.07) is 0. The number of aliphatic hydroxyl groups excluding tert-OH is 6. The molecule has 0 aromatic rings. The molecule has 0 bridgehead atoms. The standard InChI is InChI=1S/C22H38O13/c1-5-11(4)20(30)33-18-16(28)17(32-14(26)6-10(2)3)13(8-24)31-21(18)35-22(9-25)19(29)15(27)12(7-23)34-22/h10-13,15-19,21,23-25,27-29H,5-9H2,1-4H3/t11?,12-,13-,15-,16+,17-,18-,19+,21-,22+/m1/s1. The lowest BCUT2D eigenvalue weighted by molar-refractivity contribution is -0.384. The van der Waals surface area contributed by atoms with Gasteiger partial charge in [0.25, 0.3) is 0 Å². The fraction of sp³-hybridized carbons (Fsp3) is 0.909. The average molecular weight is 511 g/mol. The molecular weight excluding hydrogens is 472 g/mol. The van der Waals surface area contributed by atoms with Crippen LogP contribution in [0.5, 0.6) is 0 Å². The summed E-state index contributed by atoms with van der Waals surface area (Å²) in [5.74, 6) is -4.36. The Balaban J connectivity index is 2.37. The smallest absolute Gasteiger partial charge is 0.309 e. The van der Waals surface area contributed by atoms with Crippen molar-refractivity contribution in [3.8, 4) is 0 Å². The van der Waals surface area contributed by atoms with Gasteiger partial charge in [-0.05, 0) is 12.3 Å². The number of rotatable bonds is 11. The number of hydrogen-bond donors (Lipinski definition) is 6. The molecule has 0 amide bonds. The largest absolute Gasteiger partial charge is 0.457 e. The van der Waals surface area contributed by atoms with E-state index >= 15 is 0 Å². The van der Waals surface area contributed by atoms with Gasteiger partial charge in [-0.3, -0.25) is 9.59 Å². The van der Waals surface area contributed by atoms with Gasteiger partial charge in [-0.15, -0.1) is 0 Å². The molecule has 2 heterocycles. The highest BCUT2D eigenvalue weighted by atomic mass is 16.8. The molecule has 0 radical (unpaired) electrons. The van der Waals surface area contributed by atoms with Gasteiger partial charge in [-0.25, -0.2) is 0 Å². The molecule has 0 spiro atoms. The SMILES string of the molecule is CCC(C)C(=O)O[C@H]1[C@@H](O[C@]2(CO)O[C@H](CO)[C@@H](O)[C@@H]2O)O[C@H](CO)[C@@H](OC(=O)CC(C)C)[C@@H]1O. The molecule has 2 aliphatic rings. The van der Waals surface area contributed by atoms with Gasteiger partial charge in [-0.1, -0.05) is 27.7 Å². The van der Waals surface area contributed by atoms with E-state index in [9.17, 15) is 40.2 Å². The topological polar surface area (TPSA) is 202 Å². The molecule has 35 heavy (non-hydrogen) atoms. The Morgan fingerprint density at radius 2 is 1.57 bits per heavy atom. The maximum Gasteiger partial charge on any atom is 0.309 e. The first-order valence-electron chi connectivity index (χ1n) is 11.7. The second kappa shape index (κ2) is 12.7. The minimum Gasteiger partial charge on any atom is -0.457 e. The van der Waals surface area contributed by atoms with E-state index in [0.29, 0.717) is 6.42 Å². The van der Waals surface area contributed by atoms with Crippen LogP contribution < -0.4 is 0 Å². The maximum atomic E-state index is 12.6. The van der Waals surface area contributed by atoms with Gasteiger partial charge >= 0.3 is 11.9 Å². The lowest BCUT2D eigenvalue weighted by Gasteiger charge is -2.45. The Morgan fingerprint density at radius 1 is 0.943 bits per heavy atom. The van der Waals surface area contributed by atoms with Crippen molar-refractivity contribution in [2.45, 2.75) is 95.3 Å². The number of hydrogen-bond acceptors (Lipinski definition) is 13. The van der Waals surface area contributed by atoms with Crippen LogP contribution in [-0.2, 0) is 33.3 Å². The molecule has 13 heteroatoms. The molecule has 10 atom stereocenters. The summed E-state index contributed by atoms with van der Waals surface area (Å²) in [7, 11) is 0. The van der Waals surface area contributed by atoms with Crippen LogP contribution in [0.25, 0.3) is 0 Å². The third-order valence-corrected chi connectivity index (χ3v) is 6.13. The highest BCUT2D eigenvalue weighted by molar-refractivity contribution is 5.72. The lowest BCUT2D eigenvalue weighted by Crippen LogP contribution is -2.64. The summed E-state index contributed by atoms with van der Waals surface area (Å²) in [5, 5.41) is 60.8. The van der Waals surface area contributed by atoms with E-state index in [-0.39, 0.29) is 12.3 Å². The van der Waals surface area contributed by atoms with Crippen LogP contribution in [0.2, 0.25) is 0 Å². The molecule has 0 aromatic heterocycles. The van der Waals surface area contributed by atoms with E-state index in [1.807, 2.05) is 0 Å². The van der Waals surface area contributed by atoms with Crippen LogP contribution in [0.15, 0.2) is 0 Å². The predicted octanol–water partition coefficient (Wildman–Crippen LogP) is -2.20. The van der Waals surface area contributed by atoms with Gasteiger partial charge in [0.15, 0.2) is 12.2 Å². The van der Waals surface area contributed by atoms with Crippen molar-refractivity contribution in [2.75, 3.05) is 19.8 Å². The monoisotopic (exact) mass is 510 g/mol. The van der Waals surface area contributed by atoms with Gasteiger partial charge in [0.1, 0.15) is 37.1 Å². The van der Waals surface area contributed by atoms with Gasteiger partial charge in [0, 0.05) is 6.42 Å². The molecule has 2 rings (SSSR count). The molecule has 2 fully saturated rings. The summed E-state index contributed by atoms with van der Waals surface area (Å²) in [6.45, 7) is 4.44. The average Bonchev–Trinajstić information content (AvgIpc) is 3.06. The molecule has 2 saturated heterocycles. The van der Waals surface area contributed by atoms with E-state index in [2.05, 4.69) is 0 Å². The number of carbonyl (C=O) groups is 2. The zero-order chi connectivity index (χ0) is 26.5. The van der Waals surface area contributed by atoms with Crippen molar-refractivity contribution in [2.24, 2.45) is 11.8 Å². The van der Waals surface area contributed by atoms with Crippen LogP contribution in [-0.4, -0.2) is 117 Å². The first-order chi connectivity index (χ1) is 16.4. The molecule has 1 unspecified atom stereocenters. The lowest BCUT2D eigenvalue weighted by atomic mass is 9.97. The zero-order valence-corrected chi connectivity index (χ0v) is 20.4. The van der Waals surface area contributed by atoms with Crippen molar-refractivity contribution < 1.29 is 63.9 Å². The highest BCUT2D eigenvalue weighted by Crippen LogP contribution is 2.37. The zero-order valence-electron chi connectivity index (χ0n) is 20.4. The third-order valence-electron chi connectivity index (χ3n) is 6.13. The molecule has 6 N–H and O–H groups in total. The number of carbonyl (C=O) groups excluding carboxylic acids is 2. The fourth-order valence-corrected chi connectivity index (χ4v) is 3.82. The molecule has 0 saturated carbocycles. The Labute approximate surface area is 203 Å². The van der Waals surface area contributed by atoms with E-state index in [1.165, 1.54) is 0 Å². The first kappa shape index (κ1) is 29.8. The van der Waals surface area contributed by atoms with Crippen LogP contribution in [0.3, 0.4) is 0 Å². The number of aliphatic hydroxyl groups is 6. The summed E-state index contributed by atoms with van der Waals surface area (Å²) in [4.78, 5) is 24.8. The summed E-state index contributed by atoms with van der Waals surface area (Å²) >= 11 is 0. The van der Waals surface area contributed by atoms with Gasteiger partial charge in [-0.2, -0.15) is 0 Å². The van der Waals surface area contributed by atoms with E-state index < -0.39 is 92.5 Å². The minimum atomic E-state index is -2.32. The normalized spacial score (nSPS) is 38.4. The Hall–Kier alpha value is -1.42. The minimum absolute atomic E-state index is 0.0205. The van der Waals surface area contributed by atoms with Crippen molar-refractivity contribution >= 4 is 11.9 Å². The third kappa shape index (κ3) is 6.67. The van der Waals surface area contributed by atoms with Crippen LogP contribution in [0.1, 0.15) is 40.5 Å². The second-order valence-electron chi connectivity index (χ2n) is 9.34. The molecule has 0 aliphatic carbocycles. The molecular formula is C22H38O13. The Morgan fingerprint density at radius 3 is 2.06 bits per heavy atom. The van der Waals surface area contributed by atoms with Crippen molar-refractivity contribution in [3.63, 3.8) is 0 Å². The van der Waals surface area contributed by atoms with Crippen molar-refractivity contribution in [3.05, 3.63) is 0 Å². The van der Waals surface area contributed by atoms with Crippen molar-refractivity contribution in [1.29, 1.82) is 0 Å². The Kier molecular flexibility index (Phi) is 10.8. The van der Waals surface area contributed by atoms with Gasteiger partial charge in [0.2, 0.25) is 12.1 Å². The Bertz CT molecular complexity index is 703. The van der Waals surface area contributed by atoms with E-state index in [1.54, 1.807) is 27.7 Å². The van der Waals surface area contributed by atoms with Gasteiger partial charge < -0.3 is 54.3 Å². The van der Waals surface area contributed by atoms with Crippen LogP contribution in [0, 0.1) is 11.8 Å². The predicted molar refractivity (Wildman–Crippen MR) is 115 cm³/mol. The van der Waals surface area contributed by atoms with E-state index in [4.69, 9.17) is 23.7 Å². The van der Waals surface area contributed by atoms with Crippen LogP contribution in [0.4, 0.5) is 0 Å². The number of ether oxygens (including phenoxy) is 5. The molecule has 0 aromatic carbocycles. The van der Waals surface area contributed by atoms with Crippen LogP contribution >= 0.6 is 0 Å². The van der Waals surface area contributed by atoms with Crippen molar-refractivity contribution in [1.82, 2.24) is 0 Å². The quantitative estimate of drug-likeness (QED) is 0.164.